The third-order valence-electron chi connectivity index (χ3n) is 3.09. The van der Waals surface area contributed by atoms with Crippen LogP contribution in [0.15, 0.2) is 43.0 Å². The van der Waals surface area contributed by atoms with Gasteiger partial charge in [-0.1, -0.05) is 24.8 Å². The van der Waals surface area contributed by atoms with Gasteiger partial charge in [0.05, 0.1) is 0 Å². The maximum atomic E-state index is 13.4. The van der Waals surface area contributed by atoms with E-state index in [2.05, 4.69) is 6.58 Å². The molecule has 0 N–H and O–H groups in total. The van der Waals surface area contributed by atoms with Gasteiger partial charge in [0.25, 0.3) is 0 Å². The summed E-state index contributed by atoms with van der Waals surface area (Å²) in [5.74, 6) is 1.21. The Kier molecular flexibility index (Phi) is 2.95. The predicted molar refractivity (Wildman–Crippen MR) is 72.9 cm³/mol. The lowest BCUT2D eigenvalue weighted by Crippen LogP contribution is -2.15. The number of benzene rings is 2. The summed E-state index contributed by atoms with van der Waals surface area (Å²) in [6, 6.07) is 10.7. The molecule has 0 aromatic heterocycles. The molecule has 2 nitrogen and oxygen atoms in total. The molecule has 3 heteroatoms. The second-order valence-electron chi connectivity index (χ2n) is 4.30. The highest BCUT2D eigenvalue weighted by molar-refractivity contribution is 5.70. The summed E-state index contributed by atoms with van der Waals surface area (Å²) < 4.78 is 24.5. The molecule has 0 fully saturated rings. The van der Waals surface area contributed by atoms with E-state index in [1.165, 1.54) is 12.1 Å². The zero-order valence-corrected chi connectivity index (χ0v) is 10.4. The van der Waals surface area contributed by atoms with Crippen LogP contribution in [-0.4, -0.2) is 13.2 Å². The molecule has 0 bridgehead atoms. The lowest BCUT2D eigenvalue weighted by Gasteiger charge is -2.19. The van der Waals surface area contributed by atoms with E-state index in [9.17, 15) is 4.39 Å². The van der Waals surface area contributed by atoms with Crippen LogP contribution in [0.5, 0.6) is 11.5 Å². The van der Waals surface area contributed by atoms with Crippen molar-refractivity contribution < 1.29 is 13.9 Å². The summed E-state index contributed by atoms with van der Waals surface area (Å²) in [4.78, 5) is 0. The van der Waals surface area contributed by atoms with E-state index in [-0.39, 0.29) is 5.82 Å². The zero-order valence-electron chi connectivity index (χ0n) is 10.4. The van der Waals surface area contributed by atoms with Gasteiger partial charge < -0.3 is 9.47 Å². The molecule has 0 unspecified atom stereocenters. The second kappa shape index (κ2) is 4.76. The van der Waals surface area contributed by atoms with Crippen LogP contribution in [0, 0.1) is 5.82 Å². The van der Waals surface area contributed by atoms with Crippen molar-refractivity contribution in [2.24, 2.45) is 0 Å². The van der Waals surface area contributed by atoms with Crippen LogP contribution in [0.3, 0.4) is 0 Å². The molecule has 0 saturated carbocycles. The van der Waals surface area contributed by atoms with Gasteiger partial charge in [-0.15, -0.1) is 0 Å². The van der Waals surface area contributed by atoms with E-state index in [1.54, 1.807) is 12.1 Å². The van der Waals surface area contributed by atoms with E-state index in [1.807, 2.05) is 18.2 Å². The molecule has 96 valence electrons. The number of hydrogen-bond acceptors (Lipinski definition) is 2. The smallest absolute Gasteiger partial charge is 0.161 e. The average molecular weight is 256 g/mol. The van der Waals surface area contributed by atoms with Gasteiger partial charge in [-0.2, -0.15) is 0 Å². The van der Waals surface area contributed by atoms with E-state index in [4.69, 9.17) is 9.47 Å². The normalized spacial score (nSPS) is 13.1. The Labute approximate surface area is 111 Å². The lowest BCUT2D eigenvalue weighted by atomic mass is 10.0. The molecule has 3 rings (SSSR count). The first-order valence-corrected chi connectivity index (χ1v) is 6.10. The average Bonchev–Trinajstić information content (AvgIpc) is 2.47. The number of halogens is 1. The van der Waals surface area contributed by atoms with Crippen LogP contribution in [0.4, 0.5) is 4.39 Å². The Morgan fingerprint density at radius 2 is 1.63 bits per heavy atom. The molecule has 0 radical (unpaired) electrons. The van der Waals surface area contributed by atoms with Gasteiger partial charge >= 0.3 is 0 Å². The Morgan fingerprint density at radius 3 is 2.42 bits per heavy atom. The summed E-state index contributed by atoms with van der Waals surface area (Å²) in [5, 5.41) is 0. The molecule has 0 spiro atoms. The predicted octanol–water partition coefficient (Wildman–Crippen LogP) is 3.91. The van der Waals surface area contributed by atoms with E-state index >= 15 is 0 Å². The second-order valence-corrected chi connectivity index (χ2v) is 4.30. The van der Waals surface area contributed by atoms with Gasteiger partial charge in [-0.05, 0) is 35.4 Å². The van der Waals surface area contributed by atoms with Crippen LogP contribution in [-0.2, 0) is 0 Å². The van der Waals surface area contributed by atoms with Crippen molar-refractivity contribution in [3.63, 3.8) is 0 Å². The Balaban J connectivity index is 2.04. The van der Waals surface area contributed by atoms with Crippen LogP contribution in [0.2, 0.25) is 0 Å². The third kappa shape index (κ3) is 2.19. The molecule has 2 aromatic carbocycles. The molecule has 0 atom stereocenters. The standard InChI is InChI=1S/C16H13FO2/c1-2-11-9-12(3-5-14(11)17)13-4-6-15-16(10-13)19-8-7-18-15/h2-6,9-10H,1,7-8H2. The monoisotopic (exact) mass is 256 g/mol. The SMILES string of the molecule is C=Cc1cc(-c2ccc3c(c2)OCCO3)ccc1F. The molecular formula is C16H13FO2. The number of fused-ring (bicyclic) bond motifs is 1. The van der Waals surface area contributed by atoms with E-state index < -0.39 is 0 Å². The first-order chi connectivity index (χ1) is 9.28. The Morgan fingerprint density at radius 1 is 0.947 bits per heavy atom. The molecule has 0 aliphatic carbocycles. The largest absolute Gasteiger partial charge is 0.486 e. The number of hydrogen-bond donors (Lipinski definition) is 0. The minimum atomic E-state index is -0.267. The number of ether oxygens (including phenoxy) is 2. The van der Waals surface area contributed by atoms with Gasteiger partial charge in [0.2, 0.25) is 0 Å². The minimum Gasteiger partial charge on any atom is -0.486 e. The summed E-state index contributed by atoms with van der Waals surface area (Å²) in [6.07, 6.45) is 1.51. The van der Waals surface area contributed by atoms with Crippen molar-refractivity contribution in [1.82, 2.24) is 0 Å². The molecule has 0 amide bonds. The van der Waals surface area contributed by atoms with E-state index in [0.717, 1.165) is 22.6 Å². The fourth-order valence-electron chi connectivity index (χ4n) is 2.10. The molecular weight excluding hydrogens is 243 g/mol. The first kappa shape index (κ1) is 11.8. The van der Waals surface area contributed by atoms with Gasteiger partial charge in [0.1, 0.15) is 19.0 Å². The maximum absolute atomic E-state index is 13.4. The van der Waals surface area contributed by atoms with Crippen LogP contribution < -0.4 is 9.47 Å². The fourth-order valence-corrected chi connectivity index (χ4v) is 2.10. The maximum Gasteiger partial charge on any atom is 0.161 e. The van der Waals surface area contributed by atoms with Crippen LogP contribution >= 0.6 is 0 Å². The molecule has 1 heterocycles. The van der Waals surface area contributed by atoms with E-state index in [0.29, 0.717) is 18.8 Å². The van der Waals surface area contributed by atoms with Gasteiger partial charge in [0.15, 0.2) is 11.5 Å². The van der Waals surface area contributed by atoms with Crippen LogP contribution in [0.25, 0.3) is 17.2 Å². The lowest BCUT2D eigenvalue weighted by molar-refractivity contribution is 0.171. The third-order valence-corrected chi connectivity index (χ3v) is 3.09. The quantitative estimate of drug-likeness (QED) is 0.811. The van der Waals surface area contributed by atoms with Gasteiger partial charge in [0, 0.05) is 5.56 Å². The molecule has 1 aliphatic rings. The molecule has 2 aromatic rings. The summed E-state index contributed by atoms with van der Waals surface area (Å²) in [5.41, 5.74) is 2.38. The van der Waals surface area contributed by atoms with Crippen molar-refractivity contribution in [3.05, 3.63) is 54.4 Å². The van der Waals surface area contributed by atoms with Crippen molar-refractivity contribution in [2.45, 2.75) is 0 Å². The Hall–Kier alpha value is -2.29. The van der Waals surface area contributed by atoms with Crippen molar-refractivity contribution in [1.29, 1.82) is 0 Å². The highest BCUT2D eigenvalue weighted by Gasteiger charge is 2.12. The minimum absolute atomic E-state index is 0.267. The summed E-state index contributed by atoms with van der Waals surface area (Å²) >= 11 is 0. The first-order valence-electron chi connectivity index (χ1n) is 6.10. The summed E-state index contributed by atoms with van der Waals surface area (Å²) in [7, 11) is 0. The van der Waals surface area contributed by atoms with Gasteiger partial charge in [-0.3, -0.25) is 0 Å². The topological polar surface area (TPSA) is 18.5 Å². The fraction of sp³-hybridized carbons (Fsp3) is 0.125. The van der Waals surface area contributed by atoms with Crippen molar-refractivity contribution in [3.8, 4) is 22.6 Å². The van der Waals surface area contributed by atoms with Gasteiger partial charge in [-0.25, -0.2) is 4.39 Å². The molecule has 1 aliphatic heterocycles. The number of rotatable bonds is 2. The van der Waals surface area contributed by atoms with Crippen molar-refractivity contribution in [2.75, 3.05) is 13.2 Å². The highest BCUT2D eigenvalue weighted by Crippen LogP contribution is 2.34. The highest BCUT2D eigenvalue weighted by atomic mass is 19.1. The summed E-state index contributed by atoms with van der Waals surface area (Å²) in [6.45, 7) is 4.74. The molecule has 0 saturated heterocycles. The Bertz CT molecular complexity index is 635. The molecule has 19 heavy (non-hydrogen) atoms. The zero-order chi connectivity index (χ0) is 13.2. The van der Waals surface area contributed by atoms with Crippen molar-refractivity contribution >= 4 is 6.08 Å². The van der Waals surface area contributed by atoms with Crippen LogP contribution in [0.1, 0.15) is 5.56 Å².